The van der Waals surface area contributed by atoms with Gasteiger partial charge in [-0.05, 0) is 57.8 Å². The van der Waals surface area contributed by atoms with Crippen LogP contribution in [0.4, 0.5) is 0 Å². The number of carbonyl (C=O) groups is 2. The van der Waals surface area contributed by atoms with Crippen molar-refractivity contribution in [1.82, 2.24) is 5.32 Å². The third-order valence-electron chi connectivity index (χ3n) is 13.5. The van der Waals surface area contributed by atoms with Crippen molar-refractivity contribution in [3.63, 3.8) is 0 Å². The van der Waals surface area contributed by atoms with Crippen molar-refractivity contribution in [2.24, 2.45) is 0 Å². The van der Waals surface area contributed by atoms with Crippen LogP contribution in [0.2, 0.25) is 0 Å². The second-order valence-electron chi connectivity index (χ2n) is 20.0. The van der Waals surface area contributed by atoms with E-state index in [9.17, 15) is 19.8 Å². The standard InChI is InChI=1S/C59H113NO5/c1-3-5-7-9-11-13-15-17-19-20-21-22-23-24-25-26-27-28-29-30-32-35-39-43-47-51-57(62)56(55-61)60-58(63)52-48-44-40-36-34-38-42-46-50-54-65-59(64)53-49-45-41-37-33-31-18-16-14-12-10-8-6-4-2/h16,18,47,51,56-57,61-62H,3-15,17,19-46,48-50,52-55H2,1-2H3,(H,60,63)/b18-16-,51-47+. The molecule has 0 radical (unpaired) electrons. The van der Waals surface area contributed by atoms with Crippen LogP contribution < -0.4 is 5.32 Å². The van der Waals surface area contributed by atoms with Crippen molar-refractivity contribution in [1.29, 1.82) is 0 Å². The summed E-state index contributed by atoms with van der Waals surface area (Å²) in [5, 5.41) is 23.2. The average molecular weight is 917 g/mol. The predicted molar refractivity (Wildman–Crippen MR) is 283 cm³/mol. The number of rotatable bonds is 54. The molecule has 6 nitrogen and oxygen atoms in total. The number of aliphatic hydroxyl groups is 2. The molecule has 0 heterocycles. The lowest BCUT2D eigenvalue weighted by molar-refractivity contribution is -0.143. The first-order valence-corrected chi connectivity index (χ1v) is 29.1. The first-order chi connectivity index (χ1) is 32.0. The number of aliphatic hydroxyl groups excluding tert-OH is 2. The molecule has 0 saturated heterocycles. The van der Waals surface area contributed by atoms with Crippen LogP contribution in [-0.4, -0.2) is 47.4 Å². The molecule has 384 valence electrons. The summed E-state index contributed by atoms with van der Waals surface area (Å²) in [6.07, 6.45) is 66.3. The number of nitrogens with one attached hydrogen (secondary N) is 1. The van der Waals surface area contributed by atoms with E-state index in [1.807, 2.05) is 6.08 Å². The van der Waals surface area contributed by atoms with Gasteiger partial charge in [-0.15, -0.1) is 0 Å². The van der Waals surface area contributed by atoms with Crippen molar-refractivity contribution in [2.45, 2.75) is 328 Å². The van der Waals surface area contributed by atoms with Gasteiger partial charge in [0.1, 0.15) is 0 Å². The topological polar surface area (TPSA) is 95.9 Å². The molecule has 0 fully saturated rings. The van der Waals surface area contributed by atoms with Crippen LogP contribution >= 0.6 is 0 Å². The van der Waals surface area contributed by atoms with E-state index in [0.717, 1.165) is 57.8 Å². The van der Waals surface area contributed by atoms with Gasteiger partial charge >= 0.3 is 5.97 Å². The summed E-state index contributed by atoms with van der Waals surface area (Å²) in [7, 11) is 0. The van der Waals surface area contributed by atoms with Crippen LogP contribution in [0.3, 0.4) is 0 Å². The van der Waals surface area contributed by atoms with E-state index in [4.69, 9.17) is 4.74 Å². The maximum absolute atomic E-state index is 12.5. The number of carbonyl (C=O) groups excluding carboxylic acids is 2. The lowest BCUT2D eigenvalue weighted by Gasteiger charge is -2.20. The molecule has 0 aliphatic rings. The molecule has 0 saturated carbocycles. The molecule has 3 N–H and O–H groups in total. The van der Waals surface area contributed by atoms with Crippen LogP contribution in [0.5, 0.6) is 0 Å². The molecule has 0 bridgehead atoms. The minimum absolute atomic E-state index is 0.0350. The molecule has 0 aromatic carbocycles. The van der Waals surface area contributed by atoms with E-state index < -0.39 is 12.1 Å². The number of unbranched alkanes of at least 4 members (excludes halogenated alkanes) is 41. The molecule has 2 atom stereocenters. The number of hydrogen-bond acceptors (Lipinski definition) is 5. The fraction of sp³-hybridized carbons (Fsp3) is 0.898. The van der Waals surface area contributed by atoms with Crippen LogP contribution in [0.15, 0.2) is 24.3 Å². The van der Waals surface area contributed by atoms with Gasteiger partial charge in [-0.1, -0.05) is 269 Å². The Kier molecular flexibility index (Phi) is 53.5. The summed E-state index contributed by atoms with van der Waals surface area (Å²) in [4.78, 5) is 24.5. The van der Waals surface area contributed by atoms with Gasteiger partial charge in [0.2, 0.25) is 5.91 Å². The molecule has 0 aromatic heterocycles. The van der Waals surface area contributed by atoms with Gasteiger partial charge < -0.3 is 20.3 Å². The first-order valence-electron chi connectivity index (χ1n) is 29.1. The Morgan fingerprint density at radius 3 is 1.09 bits per heavy atom. The molecule has 0 spiro atoms. The van der Waals surface area contributed by atoms with Gasteiger partial charge in [-0.25, -0.2) is 0 Å². The van der Waals surface area contributed by atoms with Crippen molar-refractivity contribution >= 4 is 11.9 Å². The summed E-state index contributed by atoms with van der Waals surface area (Å²) < 4.78 is 5.45. The molecular weight excluding hydrogens is 803 g/mol. The maximum atomic E-state index is 12.5. The van der Waals surface area contributed by atoms with Crippen molar-refractivity contribution < 1.29 is 24.5 Å². The minimum atomic E-state index is -0.863. The summed E-state index contributed by atoms with van der Waals surface area (Å²) in [6.45, 7) is 4.84. The molecule has 0 aliphatic carbocycles. The predicted octanol–water partition coefficient (Wildman–Crippen LogP) is 17.9. The largest absolute Gasteiger partial charge is 0.466 e. The SMILES string of the molecule is CCCCCCC/C=C\CCCCCCCC(=O)OCCCCCCCCCCCC(=O)NC(CO)C(O)/C=C/CCCCCCCCCCCCCCCCCCCCCCCCC. The Morgan fingerprint density at radius 1 is 0.415 bits per heavy atom. The lowest BCUT2D eigenvalue weighted by Crippen LogP contribution is -2.45. The van der Waals surface area contributed by atoms with E-state index in [1.165, 1.54) is 231 Å². The zero-order valence-corrected chi connectivity index (χ0v) is 43.7. The Bertz CT molecular complexity index is 1010. The van der Waals surface area contributed by atoms with Crippen LogP contribution in [0.25, 0.3) is 0 Å². The van der Waals surface area contributed by atoms with Crippen molar-refractivity contribution in [3.05, 3.63) is 24.3 Å². The quantitative estimate of drug-likeness (QED) is 0.0321. The number of allylic oxidation sites excluding steroid dienone is 3. The molecule has 0 aliphatic heterocycles. The highest BCUT2D eigenvalue weighted by Crippen LogP contribution is 2.17. The number of hydrogen-bond donors (Lipinski definition) is 3. The first kappa shape index (κ1) is 63.3. The highest BCUT2D eigenvalue weighted by atomic mass is 16.5. The van der Waals surface area contributed by atoms with Gasteiger partial charge in [0.25, 0.3) is 0 Å². The highest BCUT2D eigenvalue weighted by Gasteiger charge is 2.18. The van der Waals surface area contributed by atoms with E-state index in [2.05, 4.69) is 31.3 Å². The fourth-order valence-corrected chi connectivity index (χ4v) is 8.98. The third-order valence-corrected chi connectivity index (χ3v) is 13.5. The Morgan fingerprint density at radius 2 is 0.723 bits per heavy atom. The summed E-state index contributed by atoms with van der Waals surface area (Å²) in [5.74, 6) is -0.128. The molecule has 6 heteroatoms. The Balaban J connectivity index is 3.51. The van der Waals surface area contributed by atoms with Crippen LogP contribution in [0.1, 0.15) is 316 Å². The summed E-state index contributed by atoms with van der Waals surface area (Å²) in [5.41, 5.74) is 0. The summed E-state index contributed by atoms with van der Waals surface area (Å²) in [6, 6.07) is -0.649. The smallest absolute Gasteiger partial charge is 0.305 e. The number of ether oxygens (including phenoxy) is 1. The van der Waals surface area contributed by atoms with Crippen molar-refractivity contribution in [3.8, 4) is 0 Å². The average Bonchev–Trinajstić information content (AvgIpc) is 3.31. The van der Waals surface area contributed by atoms with Gasteiger partial charge in [0, 0.05) is 12.8 Å². The number of amides is 1. The van der Waals surface area contributed by atoms with Crippen LogP contribution in [-0.2, 0) is 14.3 Å². The van der Waals surface area contributed by atoms with E-state index in [1.54, 1.807) is 6.08 Å². The van der Waals surface area contributed by atoms with E-state index >= 15 is 0 Å². The fourth-order valence-electron chi connectivity index (χ4n) is 8.98. The second kappa shape index (κ2) is 54.9. The molecule has 2 unspecified atom stereocenters. The summed E-state index contributed by atoms with van der Waals surface area (Å²) >= 11 is 0. The molecule has 0 rings (SSSR count). The molecule has 65 heavy (non-hydrogen) atoms. The lowest BCUT2D eigenvalue weighted by atomic mass is 10.0. The molecule has 0 aromatic rings. The number of esters is 1. The van der Waals surface area contributed by atoms with Crippen molar-refractivity contribution in [2.75, 3.05) is 13.2 Å². The maximum Gasteiger partial charge on any atom is 0.305 e. The van der Waals surface area contributed by atoms with E-state index in [-0.39, 0.29) is 18.5 Å². The van der Waals surface area contributed by atoms with Gasteiger partial charge in [-0.2, -0.15) is 0 Å². The Labute approximate surface area is 405 Å². The van der Waals surface area contributed by atoms with Gasteiger partial charge in [-0.3, -0.25) is 9.59 Å². The van der Waals surface area contributed by atoms with Crippen LogP contribution in [0, 0.1) is 0 Å². The highest BCUT2D eigenvalue weighted by molar-refractivity contribution is 5.76. The zero-order chi connectivity index (χ0) is 47.2. The monoisotopic (exact) mass is 916 g/mol. The zero-order valence-electron chi connectivity index (χ0n) is 43.7. The third kappa shape index (κ3) is 51.6. The second-order valence-corrected chi connectivity index (χ2v) is 20.0. The minimum Gasteiger partial charge on any atom is -0.466 e. The van der Waals surface area contributed by atoms with Gasteiger partial charge in [0.05, 0.1) is 25.4 Å². The molecule has 1 amide bonds. The Hall–Kier alpha value is -1.66. The normalized spacial score (nSPS) is 12.7. The van der Waals surface area contributed by atoms with E-state index in [0.29, 0.717) is 19.4 Å². The molecular formula is C59H113NO5. The van der Waals surface area contributed by atoms with Gasteiger partial charge in [0.15, 0.2) is 0 Å².